The Labute approximate surface area is 122 Å². The van der Waals surface area contributed by atoms with E-state index in [0.29, 0.717) is 5.56 Å². The molecule has 0 spiro atoms. The van der Waals surface area contributed by atoms with E-state index in [0.717, 1.165) is 0 Å². The normalized spacial score (nSPS) is 9.40. The third kappa shape index (κ3) is 4.07. The fourth-order valence-corrected chi connectivity index (χ4v) is 2.36. The van der Waals surface area contributed by atoms with Crippen molar-refractivity contribution in [2.75, 3.05) is 0 Å². The fraction of sp³-hybridized carbons (Fsp3) is 0. The van der Waals surface area contributed by atoms with Crippen LogP contribution in [-0.4, -0.2) is 11.1 Å². The first-order valence-corrected chi connectivity index (χ1v) is 7.02. The molecule has 0 aliphatic heterocycles. The van der Waals surface area contributed by atoms with E-state index < -0.39 is 5.97 Å². The van der Waals surface area contributed by atoms with Crippen LogP contribution in [0.25, 0.3) is 10.4 Å². The second-order valence-corrected chi connectivity index (χ2v) is 4.96. The van der Waals surface area contributed by atoms with Gasteiger partial charge in [-0.1, -0.05) is 54.6 Å². The summed E-state index contributed by atoms with van der Waals surface area (Å²) in [6.07, 6.45) is 0. The molecular weight excluding hydrogens is 268 g/mol. The monoisotopic (exact) mass is 282 g/mol. The zero-order valence-electron chi connectivity index (χ0n) is 10.8. The molecule has 3 rings (SSSR count). The molecule has 0 saturated heterocycles. The zero-order valence-corrected chi connectivity index (χ0v) is 11.6. The minimum atomic E-state index is -0.879. The summed E-state index contributed by atoms with van der Waals surface area (Å²) < 4.78 is 0. The van der Waals surface area contributed by atoms with Crippen molar-refractivity contribution in [2.45, 2.75) is 0 Å². The number of hydrogen-bond donors (Lipinski definition) is 1. The highest BCUT2D eigenvalue weighted by molar-refractivity contribution is 7.13. The Balaban J connectivity index is 0.000000151. The Hall–Kier alpha value is -2.39. The van der Waals surface area contributed by atoms with E-state index in [1.165, 1.54) is 10.4 Å². The number of thiophene rings is 1. The van der Waals surface area contributed by atoms with Gasteiger partial charge in [0.05, 0.1) is 5.56 Å². The smallest absolute Gasteiger partial charge is 0.335 e. The summed E-state index contributed by atoms with van der Waals surface area (Å²) in [5.74, 6) is -0.879. The molecule has 2 nitrogen and oxygen atoms in total. The molecule has 0 amide bonds. The second kappa shape index (κ2) is 7.26. The number of carboxylic acid groups (broad SMARTS) is 1. The van der Waals surface area contributed by atoms with E-state index in [4.69, 9.17) is 5.11 Å². The summed E-state index contributed by atoms with van der Waals surface area (Å²) in [6, 6.07) is 22.9. The predicted molar refractivity (Wildman–Crippen MR) is 83.2 cm³/mol. The molecule has 0 bridgehead atoms. The van der Waals surface area contributed by atoms with Crippen molar-refractivity contribution in [3.63, 3.8) is 0 Å². The first kappa shape index (κ1) is 14.0. The topological polar surface area (TPSA) is 37.3 Å². The van der Waals surface area contributed by atoms with Gasteiger partial charge in [-0.2, -0.15) is 0 Å². The molecule has 0 saturated carbocycles. The maximum absolute atomic E-state index is 10.2. The average molecular weight is 282 g/mol. The average Bonchev–Trinajstić information content (AvgIpc) is 3.04. The maximum atomic E-state index is 10.2. The van der Waals surface area contributed by atoms with Gasteiger partial charge in [-0.25, -0.2) is 4.79 Å². The number of carboxylic acids is 1. The molecule has 1 aromatic heterocycles. The number of benzene rings is 2. The first-order chi connectivity index (χ1) is 9.77. The van der Waals surface area contributed by atoms with Crippen LogP contribution < -0.4 is 0 Å². The summed E-state index contributed by atoms with van der Waals surface area (Å²) in [5.41, 5.74) is 1.64. The lowest BCUT2D eigenvalue weighted by atomic mass is 10.2. The van der Waals surface area contributed by atoms with Crippen LogP contribution in [0.2, 0.25) is 0 Å². The van der Waals surface area contributed by atoms with Crippen molar-refractivity contribution in [1.82, 2.24) is 0 Å². The third-order valence-corrected chi connectivity index (χ3v) is 3.52. The highest BCUT2D eigenvalue weighted by atomic mass is 32.1. The van der Waals surface area contributed by atoms with Crippen molar-refractivity contribution < 1.29 is 9.90 Å². The Kier molecular flexibility index (Phi) is 5.09. The minimum absolute atomic E-state index is 0.331. The summed E-state index contributed by atoms with van der Waals surface area (Å²) in [7, 11) is 0. The van der Waals surface area contributed by atoms with E-state index in [9.17, 15) is 4.79 Å². The molecule has 2 aromatic carbocycles. The number of carbonyl (C=O) groups is 1. The molecule has 100 valence electrons. The summed E-state index contributed by atoms with van der Waals surface area (Å²) in [5, 5.41) is 10.5. The van der Waals surface area contributed by atoms with Gasteiger partial charge in [0.25, 0.3) is 0 Å². The van der Waals surface area contributed by atoms with E-state index in [2.05, 4.69) is 41.8 Å². The van der Waals surface area contributed by atoms with Gasteiger partial charge >= 0.3 is 5.97 Å². The van der Waals surface area contributed by atoms with Crippen molar-refractivity contribution in [2.24, 2.45) is 0 Å². The van der Waals surface area contributed by atoms with Crippen LogP contribution in [0.4, 0.5) is 0 Å². The molecule has 0 radical (unpaired) electrons. The Bertz CT molecular complexity index is 631. The van der Waals surface area contributed by atoms with Gasteiger partial charge in [0.15, 0.2) is 0 Å². The number of aromatic carboxylic acids is 1. The molecule has 20 heavy (non-hydrogen) atoms. The zero-order chi connectivity index (χ0) is 14.2. The largest absolute Gasteiger partial charge is 0.478 e. The van der Waals surface area contributed by atoms with Crippen LogP contribution in [0, 0.1) is 0 Å². The molecule has 0 aliphatic carbocycles. The molecule has 0 unspecified atom stereocenters. The minimum Gasteiger partial charge on any atom is -0.478 e. The van der Waals surface area contributed by atoms with Gasteiger partial charge in [0.2, 0.25) is 0 Å². The summed E-state index contributed by atoms with van der Waals surface area (Å²) in [6.45, 7) is 0. The van der Waals surface area contributed by atoms with Crippen LogP contribution in [0.3, 0.4) is 0 Å². The SMILES string of the molecule is O=C(O)c1ccccc1.c1ccc(-c2cccs2)cc1. The van der Waals surface area contributed by atoms with Crippen LogP contribution >= 0.6 is 11.3 Å². The molecule has 1 N–H and O–H groups in total. The molecular formula is C17H14O2S. The summed E-state index contributed by atoms with van der Waals surface area (Å²) >= 11 is 1.78. The summed E-state index contributed by atoms with van der Waals surface area (Å²) in [4.78, 5) is 11.5. The Morgan fingerprint density at radius 3 is 1.85 bits per heavy atom. The Morgan fingerprint density at radius 2 is 1.40 bits per heavy atom. The lowest BCUT2D eigenvalue weighted by Gasteiger charge is -1.93. The van der Waals surface area contributed by atoms with Crippen molar-refractivity contribution in [3.05, 3.63) is 83.7 Å². The highest BCUT2D eigenvalue weighted by Gasteiger charge is 1.96. The first-order valence-electron chi connectivity index (χ1n) is 6.14. The number of hydrogen-bond acceptors (Lipinski definition) is 2. The lowest BCUT2D eigenvalue weighted by molar-refractivity contribution is 0.0697. The van der Waals surface area contributed by atoms with Crippen molar-refractivity contribution in [3.8, 4) is 10.4 Å². The Morgan fingerprint density at radius 1 is 0.800 bits per heavy atom. The molecule has 0 atom stereocenters. The van der Waals surface area contributed by atoms with E-state index in [-0.39, 0.29) is 0 Å². The molecule has 1 heterocycles. The van der Waals surface area contributed by atoms with E-state index in [1.54, 1.807) is 41.7 Å². The fourth-order valence-electron chi connectivity index (χ4n) is 1.63. The van der Waals surface area contributed by atoms with Gasteiger partial charge in [0.1, 0.15) is 0 Å². The van der Waals surface area contributed by atoms with E-state index >= 15 is 0 Å². The van der Waals surface area contributed by atoms with Crippen molar-refractivity contribution in [1.29, 1.82) is 0 Å². The lowest BCUT2D eigenvalue weighted by Crippen LogP contribution is -1.93. The third-order valence-electron chi connectivity index (χ3n) is 2.60. The van der Waals surface area contributed by atoms with Crippen LogP contribution in [0.1, 0.15) is 10.4 Å². The van der Waals surface area contributed by atoms with Crippen LogP contribution in [0.15, 0.2) is 78.2 Å². The van der Waals surface area contributed by atoms with Gasteiger partial charge in [-0.3, -0.25) is 0 Å². The second-order valence-electron chi connectivity index (χ2n) is 4.01. The highest BCUT2D eigenvalue weighted by Crippen LogP contribution is 2.23. The van der Waals surface area contributed by atoms with Crippen molar-refractivity contribution >= 4 is 17.3 Å². The molecule has 3 heteroatoms. The van der Waals surface area contributed by atoms with Gasteiger partial charge in [0, 0.05) is 4.88 Å². The molecule has 0 fully saturated rings. The molecule has 3 aromatic rings. The van der Waals surface area contributed by atoms with Crippen LogP contribution in [-0.2, 0) is 0 Å². The number of rotatable bonds is 2. The van der Waals surface area contributed by atoms with E-state index in [1.807, 2.05) is 6.07 Å². The van der Waals surface area contributed by atoms with Crippen LogP contribution in [0.5, 0.6) is 0 Å². The predicted octanol–water partition coefficient (Wildman–Crippen LogP) is 4.80. The quantitative estimate of drug-likeness (QED) is 0.733. The standard InChI is InChI=1S/C10H8S.C7H6O2/c1-2-5-9(6-3-1)10-7-4-8-11-10;8-7(9)6-4-2-1-3-5-6/h1-8H;1-5H,(H,8,9). The van der Waals surface area contributed by atoms with Gasteiger partial charge < -0.3 is 5.11 Å². The maximum Gasteiger partial charge on any atom is 0.335 e. The van der Waals surface area contributed by atoms with Gasteiger partial charge in [-0.15, -0.1) is 11.3 Å². The molecule has 0 aliphatic rings. The van der Waals surface area contributed by atoms with Gasteiger partial charge in [-0.05, 0) is 29.1 Å².